The topological polar surface area (TPSA) is 134 Å². The number of aromatic nitrogens is 4. The summed E-state index contributed by atoms with van der Waals surface area (Å²) in [5.74, 6) is 2.63. The van der Waals surface area contributed by atoms with Gasteiger partial charge in [-0.2, -0.15) is 0 Å². The third-order valence-corrected chi connectivity index (χ3v) is 11.4. The molecule has 0 saturated carbocycles. The SMILES string of the molecule is Cc1ccsc1CN(C)c1ncnc2ccc(-c3ccc(C(C)(O)C(CO)c4ccc(-c5ccc6ncnc(NCc7cccs7)c6c5)o4)o3)cc12. The van der Waals surface area contributed by atoms with Gasteiger partial charge in [-0.3, -0.25) is 0 Å². The van der Waals surface area contributed by atoms with Crippen LogP contribution in [0, 0.1) is 6.92 Å². The van der Waals surface area contributed by atoms with Crippen LogP contribution in [0.15, 0.2) is 111 Å². The minimum absolute atomic E-state index is 0.304. The highest BCUT2D eigenvalue weighted by atomic mass is 32.1. The Morgan fingerprint density at radius 1 is 0.827 bits per heavy atom. The Kier molecular flexibility index (Phi) is 9.06. The fourth-order valence-corrected chi connectivity index (χ4v) is 8.07. The first-order valence-electron chi connectivity index (χ1n) is 16.8. The quantitative estimate of drug-likeness (QED) is 0.112. The van der Waals surface area contributed by atoms with Gasteiger partial charge in [-0.1, -0.05) is 6.07 Å². The van der Waals surface area contributed by atoms with Gasteiger partial charge >= 0.3 is 0 Å². The third-order valence-electron chi connectivity index (χ3n) is 9.48. The summed E-state index contributed by atoms with van der Waals surface area (Å²) in [6, 6.07) is 25.2. The van der Waals surface area contributed by atoms with Crippen LogP contribution < -0.4 is 10.2 Å². The van der Waals surface area contributed by atoms with Gasteiger partial charge in [0.1, 0.15) is 52.9 Å². The van der Waals surface area contributed by atoms with Gasteiger partial charge in [0, 0.05) is 38.7 Å². The van der Waals surface area contributed by atoms with Crippen LogP contribution in [0.2, 0.25) is 0 Å². The van der Waals surface area contributed by atoms with E-state index in [2.05, 4.69) is 54.6 Å². The van der Waals surface area contributed by atoms with Gasteiger partial charge in [0.15, 0.2) is 0 Å². The Labute approximate surface area is 308 Å². The second kappa shape index (κ2) is 14.0. The van der Waals surface area contributed by atoms with Crippen molar-refractivity contribution < 1.29 is 19.0 Å². The van der Waals surface area contributed by atoms with E-state index in [0.717, 1.165) is 51.1 Å². The van der Waals surface area contributed by atoms with Gasteiger partial charge < -0.3 is 29.3 Å². The molecular weight excluding hydrogens is 693 g/mol. The van der Waals surface area contributed by atoms with Crippen molar-refractivity contribution in [3.63, 3.8) is 0 Å². The average molecular weight is 729 g/mol. The van der Waals surface area contributed by atoms with Gasteiger partial charge in [-0.05, 0) is 103 Å². The number of thiophene rings is 2. The monoisotopic (exact) mass is 728 g/mol. The molecule has 0 saturated heterocycles. The smallest absolute Gasteiger partial charge is 0.139 e. The molecule has 2 unspecified atom stereocenters. The summed E-state index contributed by atoms with van der Waals surface area (Å²) >= 11 is 3.42. The van der Waals surface area contributed by atoms with E-state index in [0.29, 0.717) is 29.6 Å². The highest BCUT2D eigenvalue weighted by Crippen LogP contribution is 2.41. The molecule has 8 rings (SSSR count). The van der Waals surface area contributed by atoms with Crippen LogP contribution in [0.3, 0.4) is 0 Å². The van der Waals surface area contributed by atoms with E-state index in [9.17, 15) is 10.2 Å². The molecule has 6 heterocycles. The van der Waals surface area contributed by atoms with E-state index in [1.807, 2.05) is 67.0 Å². The zero-order valence-corrected chi connectivity index (χ0v) is 30.4. The highest BCUT2D eigenvalue weighted by molar-refractivity contribution is 7.10. The molecule has 0 amide bonds. The molecule has 0 aliphatic heterocycles. The number of anilines is 2. The molecule has 12 heteroatoms. The molecule has 0 radical (unpaired) electrons. The van der Waals surface area contributed by atoms with Crippen LogP contribution >= 0.6 is 22.7 Å². The van der Waals surface area contributed by atoms with E-state index < -0.39 is 11.5 Å². The van der Waals surface area contributed by atoms with E-state index in [4.69, 9.17) is 8.83 Å². The molecule has 262 valence electrons. The maximum absolute atomic E-state index is 11.9. The lowest BCUT2D eigenvalue weighted by atomic mass is 9.85. The maximum atomic E-state index is 11.9. The van der Waals surface area contributed by atoms with E-state index in [1.165, 1.54) is 15.3 Å². The molecule has 0 aliphatic carbocycles. The van der Waals surface area contributed by atoms with Crippen molar-refractivity contribution >= 4 is 56.1 Å². The number of hydrogen-bond acceptors (Lipinski definition) is 12. The predicted octanol–water partition coefficient (Wildman–Crippen LogP) is 8.76. The summed E-state index contributed by atoms with van der Waals surface area (Å²) in [7, 11) is 2.03. The van der Waals surface area contributed by atoms with Gasteiger partial charge in [-0.25, -0.2) is 19.9 Å². The Balaban J connectivity index is 1.05. The number of aliphatic hydroxyl groups excluding tert-OH is 1. The molecule has 0 spiro atoms. The van der Waals surface area contributed by atoms with Crippen LogP contribution in [-0.4, -0.2) is 43.8 Å². The minimum atomic E-state index is -1.60. The molecule has 52 heavy (non-hydrogen) atoms. The van der Waals surface area contributed by atoms with Gasteiger partial charge in [0.25, 0.3) is 0 Å². The molecule has 8 aromatic rings. The standard InChI is InChI=1S/C40H36N6O4S2/c1-24-14-16-52-36(24)20-46(3)39-29-18-26(7-9-32(29)43-23-45-39)34-12-13-37(50-34)40(2,48)30(21-47)35-11-10-33(49-35)25-6-8-31-28(17-25)38(44-22-42-31)41-19-27-5-4-15-51-27/h4-18,22-23,30,47-48H,19-21H2,1-3H3,(H,41,42,44). The van der Waals surface area contributed by atoms with Crippen molar-refractivity contribution in [1.29, 1.82) is 0 Å². The Morgan fingerprint density at radius 3 is 2.29 bits per heavy atom. The summed E-state index contributed by atoms with van der Waals surface area (Å²) < 4.78 is 12.6. The number of fused-ring (bicyclic) bond motifs is 2. The summed E-state index contributed by atoms with van der Waals surface area (Å²) in [6.07, 6.45) is 3.14. The first kappa shape index (κ1) is 33.7. The van der Waals surface area contributed by atoms with Crippen LogP contribution in [0.4, 0.5) is 11.6 Å². The molecule has 6 aromatic heterocycles. The van der Waals surface area contributed by atoms with Crippen LogP contribution in [0.5, 0.6) is 0 Å². The van der Waals surface area contributed by atoms with Crippen molar-refractivity contribution in [2.75, 3.05) is 23.9 Å². The van der Waals surface area contributed by atoms with Crippen LogP contribution in [0.25, 0.3) is 44.5 Å². The summed E-state index contributed by atoms with van der Waals surface area (Å²) in [4.78, 5) is 22.7. The number of hydrogen-bond donors (Lipinski definition) is 3. The van der Waals surface area contributed by atoms with Crippen molar-refractivity contribution in [1.82, 2.24) is 19.9 Å². The molecule has 0 aliphatic rings. The number of aliphatic hydroxyl groups is 2. The van der Waals surface area contributed by atoms with Gasteiger partial charge in [-0.15, -0.1) is 22.7 Å². The Morgan fingerprint density at radius 2 is 1.56 bits per heavy atom. The van der Waals surface area contributed by atoms with Gasteiger partial charge in [0.05, 0.1) is 36.6 Å². The number of rotatable bonds is 12. The first-order chi connectivity index (χ1) is 25.3. The van der Waals surface area contributed by atoms with Crippen LogP contribution in [0.1, 0.15) is 39.7 Å². The lowest BCUT2D eigenvalue weighted by Gasteiger charge is -2.28. The molecule has 3 N–H and O–H groups in total. The van der Waals surface area contributed by atoms with E-state index >= 15 is 0 Å². The van der Waals surface area contributed by atoms with Crippen molar-refractivity contribution in [3.8, 4) is 22.6 Å². The largest absolute Gasteiger partial charge is 0.461 e. The fourth-order valence-electron chi connectivity index (χ4n) is 6.47. The second-order valence-electron chi connectivity index (χ2n) is 12.9. The van der Waals surface area contributed by atoms with Gasteiger partial charge in [0.2, 0.25) is 0 Å². The van der Waals surface area contributed by atoms with Crippen molar-refractivity contribution in [3.05, 3.63) is 129 Å². The molecule has 10 nitrogen and oxygen atoms in total. The molecular formula is C40H36N6O4S2. The summed E-state index contributed by atoms with van der Waals surface area (Å²) in [6.45, 7) is 4.77. The molecule has 0 bridgehead atoms. The Bertz CT molecular complexity index is 2490. The Hall–Kier alpha value is -5.40. The second-order valence-corrected chi connectivity index (χ2v) is 15.0. The zero-order chi connectivity index (χ0) is 35.8. The number of furan rings is 2. The van der Waals surface area contributed by atoms with Crippen molar-refractivity contribution in [2.45, 2.75) is 38.5 Å². The fraction of sp³-hybridized carbons (Fsp3) is 0.200. The number of nitrogens with one attached hydrogen (secondary N) is 1. The predicted molar refractivity (Wildman–Crippen MR) is 207 cm³/mol. The number of nitrogens with zero attached hydrogens (tertiary/aromatic N) is 5. The number of benzene rings is 2. The normalized spacial score (nSPS) is 13.4. The lowest BCUT2D eigenvalue weighted by molar-refractivity contribution is -0.0185. The number of aryl methyl sites for hydroxylation is 1. The van der Waals surface area contributed by atoms with E-state index in [1.54, 1.807) is 54.4 Å². The average Bonchev–Trinajstić information content (AvgIpc) is 4.00. The summed E-state index contributed by atoms with van der Waals surface area (Å²) in [5.41, 5.74) is 2.92. The molecule has 0 fully saturated rings. The third kappa shape index (κ3) is 6.46. The molecule has 2 atom stereocenters. The lowest BCUT2D eigenvalue weighted by Crippen LogP contribution is -2.31. The maximum Gasteiger partial charge on any atom is 0.139 e. The van der Waals surface area contributed by atoms with Crippen molar-refractivity contribution in [2.24, 2.45) is 0 Å². The zero-order valence-electron chi connectivity index (χ0n) is 28.8. The minimum Gasteiger partial charge on any atom is -0.461 e. The highest BCUT2D eigenvalue weighted by Gasteiger charge is 2.39. The summed E-state index contributed by atoms with van der Waals surface area (Å²) in [5, 5.41) is 31.9. The van der Waals surface area contributed by atoms with Crippen LogP contribution in [-0.2, 0) is 18.7 Å². The first-order valence-corrected chi connectivity index (χ1v) is 18.6. The molecule has 2 aromatic carbocycles. The van der Waals surface area contributed by atoms with E-state index in [-0.39, 0.29) is 6.61 Å².